The summed E-state index contributed by atoms with van der Waals surface area (Å²) in [6.45, 7) is 0.421. The third-order valence-corrected chi connectivity index (χ3v) is 7.07. The van der Waals surface area contributed by atoms with Gasteiger partial charge in [-0.2, -0.15) is 13.2 Å². The Hall–Kier alpha value is -2.68. The van der Waals surface area contributed by atoms with Crippen molar-refractivity contribution in [3.05, 3.63) is 99.0 Å². The molecule has 176 valence electrons. The SMILES string of the molecule is O=C(Nc1cc(C(F)(F)F)ccc1Cl)c1ccc([C@H]2SCC(=O)N2Cc2ccc(Cl)cc2)cc1. The lowest BCUT2D eigenvalue weighted by molar-refractivity contribution is -0.137. The van der Waals surface area contributed by atoms with Gasteiger partial charge in [0.1, 0.15) is 5.37 Å². The van der Waals surface area contributed by atoms with E-state index in [1.165, 1.54) is 11.8 Å². The van der Waals surface area contributed by atoms with E-state index in [1.54, 1.807) is 41.3 Å². The lowest BCUT2D eigenvalue weighted by Crippen LogP contribution is -2.27. The van der Waals surface area contributed by atoms with E-state index in [0.717, 1.165) is 29.3 Å². The molecule has 4 rings (SSSR count). The second-order valence-electron chi connectivity index (χ2n) is 7.58. The minimum atomic E-state index is -4.56. The van der Waals surface area contributed by atoms with E-state index in [4.69, 9.17) is 23.2 Å². The predicted molar refractivity (Wildman–Crippen MR) is 128 cm³/mol. The Morgan fingerprint density at radius 2 is 1.71 bits per heavy atom. The molecule has 0 unspecified atom stereocenters. The number of halogens is 5. The summed E-state index contributed by atoms with van der Waals surface area (Å²) in [4.78, 5) is 26.8. The smallest absolute Gasteiger partial charge is 0.322 e. The monoisotopic (exact) mass is 524 g/mol. The van der Waals surface area contributed by atoms with Gasteiger partial charge in [-0.3, -0.25) is 9.59 Å². The number of amides is 2. The van der Waals surface area contributed by atoms with Crippen molar-refractivity contribution in [2.24, 2.45) is 0 Å². The molecule has 1 atom stereocenters. The molecule has 0 radical (unpaired) electrons. The second-order valence-corrected chi connectivity index (χ2v) is 9.49. The minimum absolute atomic E-state index is 0.00307. The highest BCUT2D eigenvalue weighted by molar-refractivity contribution is 8.00. The Kier molecular flexibility index (Phi) is 7.12. The van der Waals surface area contributed by atoms with Crippen molar-refractivity contribution in [3.63, 3.8) is 0 Å². The molecule has 3 aromatic carbocycles. The zero-order valence-electron chi connectivity index (χ0n) is 17.4. The third kappa shape index (κ3) is 5.51. The average molecular weight is 525 g/mol. The van der Waals surface area contributed by atoms with E-state index in [-0.39, 0.29) is 27.6 Å². The van der Waals surface area contributed by atoms with Crippen LogP contribution in [-0.4, -0.2) is 22.5 Å². The summed E-state index contributed by atoms with van der Waals surface area (Å²) in [6.07, 6.45) is -4.56. The number of carbonyl (C=O) groups excluding carboxylic acids is 2. The molecule has 0 bridgehead atoms. The molecule has 1 saturated heterocycles. The highest BCUT2D eigenvalue weighted by Gasteiger charge is 2.33. The molecule has 34 heavy (non-hydrogen) atoms. The largest absolute Gasteiger partial charge is 0.416 e. The first-order valence-corrected chi connectivity index (χ1v) is 11.9. The summed E-state index contributed by atoms with van der Waals surface area (Å²) in [5, 5.41) is 2.82. The van der Waals surface area contributed by atoms with Gasteiger partial charge in [0.2, 0.25) is 5.91 Å². The first-order chi connectivity index (χ1) is 16.1. The molecule has 0 saturated carbocycles. The van der Waals surface area contributed by atoms with Crippen molar-refractivity contribution in [2.75, 3.05) is 11.1 Å². The van der Waals surface area contributed by atoms with Crippen molar-refractivity contribution in [1.29, 1.82) is 0 Å². The number of benzene rings is 3. The molecular weight excluding hydrogens is 508 g/mol. The third-order valence-electron chi connectivity index (χ3n) is 5.23. The lowest BCUT2D eigenvalue weighted by atomic mass is 10.1. The standard InChI is InChI=1S/C24H17Cl2F3N2O2S/c25-18-8-1-14(2-9-18)12-31-21(32)13-34-23(31)16-5-3-15(4-6-16)22(33)30-20-11-17(24(27,28)29)7-10-19(20)26/h1-11,23H,12-13H2,(H,30,33)/t23-/m1/s1. The Morgan fingerprint density at radius 3 is 2.35 bits per heavy atom. The van der Waals surface area contributed by atoms with E-state index in [0.29, 0.717) is 17.3 Å². The summed E-state index contributed by atoms with van der Waals surface area (Å²) < 4.78 is 38.9. The summed E-state index contributed by atoms with van der Waals surface area (Å²) in [7, 11) is 0. The summed E-state index contributed by atoms with van der Waals surface area (Å²) in [5.41, 5.74) is 0.983. The maximum absolute atomic E-state index is 13.0. The van der Waals surface area contributed by atoms with Gasteiger partial charge in [-0.15, -0.1) is 11.8 Å². The zero-order chi connectivity index (χ0) is 24.5. The number of thioether (sulfide) groups is 1. The van der Waals surface area contributed by atoms with Gasteiger partial charge in [-0.25, -0.2) is 0 Å². The maximum Gasteiger partial charge on any atom is 0.416 e. The number of carbonyl (C=O) groups is 2. The summed E-state index contributed by atoms with van der Waals surface area (Å²) in [6, 6.07) is 16.6. The molecule has 10 heteroatoms. The van der Waals surface area contributed by atoms with Crippen LogP contribution in [0.15, 0.2) is 66.7 Å². The van der Waals surface area contributed by atoms with Crippen LogP contribution in [0.4, 0.5) is 18.9 Å². The van der Waals surface area contributed by atoms with Gasteiger partial charge in [0.25, 0.3) is 5.91 Å². The first kappa shape index (κ1) is 24.4. The molecule has 1 fully saturated rings. The summed E-state index contributed by atoms with van der Waals surface area (Å²) >= 11 is 13.4. The number of nitrogens with one attached hydrogen (secondary N) is 1. The Balaban J connectivity index is 1.49. The van der Waals surface area contributed by atoms with Gasteiger partial charge >= 0.3 is 6.18 Å². The van der Waals surface area contributed by atoms with Crippen LogP contribution in [0.1, 0.15) is 32.4 Å². The van der Waals surface area contributed by atoms with Gasteiger partial charge < -0.3 is 10.2 Å². The van der Waals surface area contributed by atoms with Crippen molar-refractivity contribution in [3.8, 4) is 0 Å². The van der Waals surface area contributed by atoms with Crippen molar-refractivity contribution >= 4 is 52.5 Å². The molecule has 3 aromatic rings. The zero-order valence-corrected chi connectivity index (χ0v) is 19.7. The molecule has 0 aliphatic carbocycles. The van der Waals surface area contributed by atoms with Crippen molar-refractivity contribution < 1.29 is 22.8 Å². The fourth-order valence-corrected chi connectivity index (χ4v) is 4.96. The minimum Gasteiger partial charge on any atom is -0.322 e. The van der Waals surface area contributed by atoms with Crippen LogP contribution in [0, 0.1) is 0 Å². The molecule has 1 aliphatic rings. The number of alkyl halides is 3. The van der Waals surface area contributed by atoms with E-state index in [9.17, 15) is 22.8 Å². The van der Waals surface area contributed by atoms with Gasteiger partial charge in [0, 0.05) is 17.1 Å². The van der Waals surface area contributed by atoms with E-state index >= 15 is 0 Å². The molecule has 0 aromatic heterocycles. The summed E-state index contributed by atoms with van der Waals surface area (Å²) in [5.74, 6) is -0.249. The molecule has 2 amide bonds. The van der Waals surface area contributed by atoms with Crippen LogP contribution < -0.4 is 5.32 Å². The Bertz CT molecular complexity index is 1220. The quantitative estimate of drug-likeness (QED) is 0.389. The predicted octanol–water partition coefficient (Wildman–Crippen LogP) is 7.04. The second kappa shape index (κ2) is 9.90. The van der Waals surface area contributed by atoms with E-state index in [2.05, 4.69) is 5.32 Å². The average Bonchev–Trinajstić information content (AvgIpc) is 3.16. The molecule has 0 spiro atoms. The van der Waals surface area contributed by atoms with Gasteiger partial charge in [0.15, 0.2) is 0 Å². The molecule has 1 heterocycles. The lowest BCUT2D eigenvalue weighted by Gasteiger charge is -2.24. The number of rotatable bonds is 5. The van der Waals surface area contributed by atoms with Crippen molar-refractivity contribution in [2.45, 2.75) is 18.1 Å². The Morgan fingerprint density at radius 1 is 1.03 bits per heavy atom. The highest BCUT2D eigenvalue weighted by Crippen LogP contribution is 2.40. The van der Waals surface area contributed by atoms with Crippen LogP contribution in [0.25, 0.3) is 0 Å². The van der Waals surface area contributed by atoms with Gasteiger partial charge in [-0.1, -0.05) is 47.5 Å². The molecule has 1 N–H and O–H groups in total. The van der Waals surface area contributed by atoms with Crippen molar-refractivity contribution in [1.82, 2.24) is 4.90 Å². The number of hydrogen-bond donors (Lipinski definition) is 1. The fraction of sp³-hybridized carbons (Fsp3) is 0.167. The van der Waals surface area contributed by atoms with Gasteiger partial charge in [0.05, 0.1) is 22.0 Å². The van der Waals surface area contributed by atoms with E-state index in [1.807, 2.05) is 12.1 Å². The molecular formula is C24H17Cl2F3N2O2S. The number of nitrogens with zero attached hydrogens (tertiary/aromatic N) is 1. The van der Waals surface area contributed by atoms with Crippen LogP contribution >= 0.6 is 35.0 Å². The Labute approximate surface area is 208 Å². The molecule has 1 aliphatic heterocycles. The topological polar surface area (TPSA) is 49.4 Å². The van der Waals surface area contributed by atoms with Crippen LogP contribution in [0.2, 0.25) is 10.0 Å². The first-order valence-electron chi connectivity index (χ1n) is 10.1. The van der Waals surface area contributed by atoms with Crippen LogP contribution in [0.3, 0.4) is 0 Å². The maximum atomic E-state index is 13.0. The number of anilines is 1. The van der Waals surface area contributed by atoms with E-state index < -0.39 is 17.6 Å². The molecule has 4 nitrogen and oxygen atoms in total. The normalized spacial score (nSPS) is 16.1. The van der Waals surface area contributed by atoms with Crippen LogP contribution in [-0.2, 0) is 17.5 Å². The highest BCUT2D eigenvalue weighted by atomic mass is 35.5. The number of hydrogen-bond acceptors (Lipinski definition) is 3. The fourth-order valence-electron chi connectivity index (χ4n) is 3.48. The van der Waals surface area contributed by atoms with Gasteiger partial charge in [-0.05, 0) is 53.6 Å². The van der Waals surface area contributed by atoms with Crippen LogP contribution in [0.5, 0.6) is 0 Å².